The van der Waals surface area contributed by atoms with Gasteiger partial charge in [-0.15, -0.1) is 12.4 Å². The molecule has 1 aliphatic carbocycles. The Morgan fingerprint density at radius 3 is 2.55 bits per heavy atom. The van der Waals surface area contributed by atoms with E-state index in [1.54, 1.807) is 6.07 Å². The maximum absolute atomic E-state index is 14.4. The quantitative estimate of drug-likeness (QED) is 0.915. The molecule has 0 aromatic heterocycles. The first kappa shape index (κ1) is 16.0. The fourth-order valence-corrected chi connectivity index (χ4v) is 3.40. The number of benzene rings is 1. The minimum Gasteiger partial charge on any atom is -0.314 e. The molecule has 112 valence electrons. The van der Waals surface area contributed by atoms with E-state index in [1.807, 2.05) is 12.1 Å². The first-order valence-corrected chi connectivity index (χ1v) is 7.54. The zero-order valence-corrected chi connectivity index (χ0v) is 13.0. The van der Waals surface area contributed by atoms with Crippen LogP contribution in [0.1, 0.15) is 30.9 Å². The summed E-state index contributed by atoms with van der Waals surface area (Å²) in [5.74, 6) is 0.366. The number of rotatable bonds is 3. The molecule has 0 radical (unpaired) electrons. The molecule has 5 heteroatoms. The highest BCUT2D eigenvalue weighted by Crippen LogP contribution is 2.42. The summed E-state index contributed by atoms with van der Waals surface area (Å²) >= 11 is 5.96. The zero-order valence-electron chi connectivity index (χ0n) is 11.4. The Balaban J connectivity index is 0.00000147. The van der Waals surface area contributed by atoms with Crippen LogP contribution < -0.4 is 5.32 Å². The van der Waals surface area contributed by atoms with Gasteiger partial charge in [0.15, 0.2) is 0 Å². The van der Waals surface area contributed by atoms with Crippen molar-refractivity contribution in [2.45, 2.75) is 25.3 Å². The Kier molecular flexibility index (Phi) is 5.67. The second-order valence-corrected chi connectivity index (χ2v) is 5.97. The highest BCUT2D eigenvalue weighted by atomic mass is 35.5. The summed E-state index contributed by atoms with van der Waals surface area (Å²) < 4.78 is 14.4. The van der Waals surface area contributed by atoms with Crippen LogP contribution in [0.15, 0.2) is 18.2 Å². The number of piperazine rings is 1. The molecule has 1 aromatic carbocycles. The van der Waals surface area contributed by atoms with Crippen LogP contribution in [0.2, 0.25) is 5.02 Å². The lowest BCUT2D eigenvalue weighted by molar-refractivity contribution is 0.0812. The molecule has 1 atom stereocenters. The summed E-state index contributed by atoms with van der Waals surface area (Å²) in [6.45, 7) is 3.97. The van der Waals surface area contributed by atoms with Crippen LogP contribution in [0.5, 0.6) is 0 Å². The van der Waals surface area contributed by atoms with E-state index in [0.717, 1.165) is 31.7 Å². The maximum atomic E-state index is 14.4. The summed E-state index contributed by atoms with van der Waals surface area (Å²) in [4.78, 5) is 2.43. The van der Waals surface area contributed by atoms with Gasteiger partial charge in [0.05, 0.1) is 5.02 Å². The minimum atomic E-state index is -0.223. The van der Waals surface area contributed by atoms with E-state index in [2.05, 4.69) is 10.2 Å². The van der Waals surface area contributed by atoms with Crippen LogP contribution in [0.3, 0.4) is 0 Å². The fraction of sp³-hybridized carbons (Fsp3) is 0.600. The average molecular weight is 319 g/mol. The molecule has 1 aliphatic heterocycles. The molecule has 2 nitrogen and oxygen atoms in total. The van der Waals surface area contributed by atoms with Crippen LogP contribution in [0.25, 0.3) is 0 Å². The van der Waals surface area contributed by atoms with Crippen molar-refractivity contribution in [2.75, 3.05) is 26.2 Å². The lowest BCUT2D eigenvalue weighted by Gasteiger charge is -2.43. The number of nitrogens with zero attached hydrogens (tertiary/aromatic N) is 1. The first-order valence-electron chi connectivity index (χ1n) is 7.16. The Bertz CT molecular complexity index is 445. The third kappa shape index (κ3) is 3.11. The van der Waals surface area contributed by atoms with Crippen molar-refractivity contribution in [1.29, 1.82) is 0 Å². The second kappa shape index (κ2) is 7.08. The van der Waals surface area contributed by atoms with Gasteiger partial charge in [-0.3, -0.25) is 4.90 Å². The number of halogens is 3. The summed E-state index contributed by atoms with van der Waals surface area (Å²) in [5, 5.41) is 3.61. The maximum Gasteiger partial charge on any atom is 0.146 e. The van der Waals surface area contributed by atoms with Gasteiger partial charge in [0, 0.05) is 37.8 Å². The van der Waals surface area contributed by atoms with E-state index in [1.165, 1.54) is 19.3 Å². The Morgan fingerprint density at radius 1 is 1.25 bits per heavy atom. The van der Waals surface area contributed by atoms with Crippen LogP contribution in [-0.4, -0.2) is 31.1 Å². The molecule has 0 bridgehead atoms. The van der Waals surface area contributed by atoms with Crippen LogP contribution >= 0.6 is 24.0 Å². The van der Waals surface area contributed by atoms with Gasteiger partial charge in [-0.1, -0.05) is 30.2 Å². The van der Waals surface area contributed by atoms with Gasteiger partial charge in [-0.05, 0) is 24.8 Å². The average Bonchev–Trinajstić information content (AvgIpc) is 2.38. The molecule has 1 heterocycles. The van der Waals surface area contributed by atoms with Gasteiger partial charge < -0.3 is 5.32 Å². The molecule has 2 aliphatic rings. The largest absolute Gasteiger partial charge is 0.314 e. The molecule has 1 aromatic rings. The van der Waals surface area contributed by atoms with E-state index in [0.29, 0.717) is 5.92 Å². The van der Waals surface area contributed by atoms with Gasteiger partial charge in [0.2, 0.25) is 0 Å². The molecule has 3 rings (SSSR count). The molecule has 2 fully saturated rings. The summed E-state index contributed by atoms with van der Waals surface area (Å²) in [7, 11) is 0. The van der Waals surface area contributed by atoms with Crippen LogP contribution in [-0.2, 0) is 0 Å². The normalized spacial score (nSPS) is 21.9. The van der Waals surface area contributed by atoms with Crippen molar-refractivity contribution in [2.24, 2.45) is 5.92 Å². The van der Waals surface area contributed by atoms with Gasteiger partial charge in [0.1, 0.15) is 5.82 Å². The number of hydrogen-bond acceptors (Lipinski definition) is 2. The molecule has 0 amide bonds. The molecule has 0 spiro atoms. The predicted molar refractivity (Wildman–Crippen MR) is 83.2 cm³/mol. The van der Waals surface area contributed by atoms with E-state index in [9.17, 15) is 4.39 Å². The highest BCUT2D eigenvalue weighted by molar-refractivity contribution is 6.30. The zero-order chi connectivity index (χ0) is 13.2. The SMILES string of the molecule is Cl.Fc1c(Cl)cccc1[C@@H](C1CCC1)N1CCNCC1. The predicted octanol–water partition coefficient (Wildman–Crippen LogP) is 3.65. The van der Waals surface area contributed by atoms with Crippen molar-refractivity contribution in [3.05, 3.63) is 34.6 Å². The lowest BCUT2D eigenvalue weighted by atomic mass is 9.76. The molecule has 1 saturated carbocycles. The van der Waals surface area contributed by atoms with Crippen molar-refractivity contribution in [3.63, 3.8) is 0 Å². The summed E-state index contributed by atoms with van der Waals surface area (Å²) in [5.41, 5.74) is 0.791. The standard InChI is InChI=1S/C15H20ClFN2.ClH/c16-13-6-2-5-12(14(13)17)15(11-3-1-4-11)19-9-7-18-8-10-19;/h2,5-6,11,15,18H,1,3-4,7-10H2;1H/t15-;/m1./s1. The van der Waals surface area contributed by atoms with E-state index in [4.69, 9.17) is 11.6 Å². The summed E-state index contributed by atoms with van der Waals surface area (Å²) in [6, 6.07) is 5.62. The summed E-state index contributed by atoms with van der Waals surface area (Å²) in [6.07, 6.45) is 3.69. The Labute approximate surface area is 131 Å². The Hall–Kier alpha value is -0.350. The third-order valence-electron chi connectivity index (χ3n) is 4.44. The Morgan fingerprint density at radius 2 is 1.95 bits per heavy atom. The van der Waals surface area contributed by atoms with E-state index in [-0.39, 0.29) is 29.3 Å². The van der Waals surface area contributed by atoms with Crippen molar-refractivity contribution < 1.29 is 4.39 Å². The van der Waals surface area contributed by atoms with Gasteiger partial charge >= 0.3 is 0 Å². The van der Waals surface area contributed by atoms with Crippen molar-refractivity contribution >= 4 is 24.0 Å². The van der Waals surface area contributed by atoms with Crippen LogP contribution in [0.4, 0.5) is 4.39 Å². The van der Waals surface area contributed by atoms with E-state index >= 15 is 0 Å². The van der Waals surface area contributed by atoms with Gasteiger partial charge in [0.25, 0.3) is 0 Å². The number of nitrogens with one attached hydrogen (secondary N) is 1. The van der Waals surface area contributed by atoms with Crippen LogP contribution in [0, 0.1) is 11.7 Å². The number of hydrogen-bond donors (Lipinski definition) is 1. The molecular formula is C15H21Cl2FN2. The van der Waals surface area contributed by atoms with Crippen molar-refractivity contribution in [1.82, 2.24) is 10.2 Å². The first-order chi connectivity index (χ1) is 9.27. The monoisotopic (exact) mass is 318 g/mol. The van der Waals surface area contributed by atoms with E-state index < -0.39 is 0 Å². The van der Waals surface area contributed by atoms with Gasteiger partial charge in [-0.25, -0.2) is 4.39 Å². The second-order valence-electron chi connectivity index (χ2n) is 5.56. The molecular weight excluding hydrogens is 298 g/mol. The highest BCUT2D eigenvalue weighted by Gasteiger charge is 2.35. The molecule has 0 unspecified atom stereocenters. The fourth-order valence-electron chi connectivity index (χ4n) is 3.21. The minimum absolute atomic E-state index is 0. The topological polar surface area (TPSA) is 15.3 Å². The van der Waals surface area contributed by atoms with Crippen molar-refractivity contribution in [3.8, 4) is 0 Å². The molecule has 1 N–H and O–H groups in total. The molecule has 20 heavy (non-hydrogen) atoms. The van der Waals surface area contributed by atoms with Gasteiger partial charge in [-0.2, -0.15) is 0 Å². The lowest BCUT2D eigenvalue weighted by Crippen LogP contribution is -2.48. The smallest absolute Gasteiger partial charge is 0.146 e. The third-order valence-corrected chi connectivity index (χ3v) is 4.73. The molecule has 1 saturated heterocycles.